The molecular weight excluding hydrogens is 252 g/mol. The highest BCUT2D eigenvalue weighted by molar-refractivity contribution is 5.82. The molecule has 7 nitrogen and oxygen atoms in total. The molecule has 1 aliphatic carbocycles. The van der Waals surface area contributed by atoms with Crippen LogP contribution in [-0.4, -0.2) is 52.6 Å². The fraction of sp³-hybridized carbons (Fsp3) is 0.833. The van der Waals surface area contributed by atoms with E-state index in [0.717, 1.165) is 19.3 Å². The molecule has 0 radical (unpaired) electrons. The third kappa shape index (κ3) is 5.44. The summed E-state index contributed by atoms with van der Waals surface area (Å²) in [6.45, 7) is -0.185. The van der Waals surface area contributed by atoms with Crippen LogP contribution in [0.3, 0.4) is 0 Å². The van der Waals surface area contributed by atoms with Crippen molar-refractivity contribution in [3.05, 3.63) is 0 Å². The molecule has 0 aliphatic heterocycles. The number of carboxylic acid groups (broad SMARTS) is 1. The van der Waals surface area contributed by atoms with Crippen LogP contribution < -0.4 is 10.6 Å². The van der Waals surface area contributed by atoms with Gasteiger partial charge in [-0.05, 0) is 25.2 Å². The molecule has 1 aliphatic rings. The first-order chi connectivity index (χ1) is 9.06. The number of carbonyl (C=O) groups is 2. The van der Waals surface area contributed by atoms with Gasteiger partial charge in [-0.25, -0.2) is 9.59 Å². The Bertz CT molecular complexity index is 310. The number of carbonyl (C=O) groups excluding carboxylic acids is 1. The Balaban J connectivity index is 2.39. The van der Waals surface area contributed by atoms with Crippen LogP contribution in [0.15, 0.2) is 0 Å². The first kappa shape index (κ1) is 15.7. The minimum absolute atomic E-state index is 0.0211. The molecule has 1 saturated carbocycles. The molecule has 3 atom stereocenters. The van der Waals surface area contributed by atoms with Crippen LogP contribution in [0.4, 0.5) is 4.79 Å². The molecule has 2 unspecified atom stereocenters. The normalized spacial score (nSPS) is 24.5. The van der Waals surface area contributed by atoms with Crippen LogP contribution in [0.2, 0.25) is 0 Å². The molecule has 110 valence electrons. The molecule has 0 aromatic heterocycles. The average Bonchev–Trinajstić information content (AvgIpc) is 2.38. The van der Waals surface area contributed by atoms with Gasteiger partial charge in [-0.1, -0.05) is 6.42 Å². The summed E-state index contributed by atoms with van der Waals surface area (Å²) in [5.74, 6) is -0.965. The Morgan fingerprint density at radius 3 is 2.58 bits per heavy atom. The smallest absolute Gasteiger partial charge is 0.326 e. The van der Waals surface area contributed by atoms with Gasteiger partial charge in [0.15, 0.2) is 0 Å². The van der Waals surface area contributed by atoms with Crippen molar-refractivity contribution in [2.75, 3.05) is 13.2 Å². The van der Waals surface area contributed by atoms with Crippen molar-refractivity contribution in [3.8, 4) is 0 Å². The molecule has 1 fully saturated rings. The quantitative estimate of drug-likeness (QED) is 0.454. The third-order valence-corrected chi connectivity index (χ3v) is 3.40. The SMILES string of the molecule is O=C(NC1CCCC(CO)C1)N[C@H](CCO)C(=O)O. The summed E-state index contributed by atoms with van der Waals surface area (Å²) in [5.41, 5.74) is 0. The summed E-state index contributed by atoms with van der Waals surface area (Å²) in [5, 5.41) is 31.7. The van der Waals surface area contributed by atoms with Gasteiger partial charge in [-0.15, -0.1) is 0 Å². The van der Waals surface area contributed by atoms with Crippen molar-refractivity contribution in [3.63, 3.8) is 0 Å². The summed E-state index contributed by atoms with van der Waals surface area (Å²) >= 11 is 0. The zero-order valence-electron chi connectivity index (χ0n) is 10.8. The van der Waals surface area contributed by atoms with E-state index in [1.54, 1.807) is 0 Å². The van der Waals surface area contributed by atoms with Crippen LogP contribution in [0.5, 0.6) is 0 Å². The second kappa shape index (κ2) is 7.96. The summed E-state index contributed by atoms with van der Waals surface area (Å²) < 4.78 is 0. The predicted molar refractivity (Wildman–Crippen MR) is 67.6 cm³/mol. The van der Waals surface area contributed by atoms with E-state index in [0.29, 0.717) is 6.42 Å². The molecule has 0 heterocycles. The third-order valence-electron chi connectivity index (χ3n) is 3.40. The van der Waals surface area contributed by atoms with Crippen molar-refractivity contribution >= 4 is 12.0 Å². The monoisotopic (exact) mass is 274 g/mol. The van der Waals surface area contributed by atoms with Gasteiger partial charge in [0.1, 0.15) is 6.04 Å². The number of urea groups is 1. The van der Waals surface area contributed by atoms with Crippen LogP contribution in [-0.2, 0) is 4.79 Å². The lowest BCUT2D eigenvalue weighted by atomic mass is 9.86. The van der Waals surface area contributed by atoms with E-state index in [2.05, 4.69) is 10.6 Å². The zero-order valence-corrected chi connectivity index (χ0v) is 10.8. The Morgan fingerprint density at radius 1 is 1.26 bits per heavy atom. The van der Waals surface area contributed by atoms with E-state index in [9.17, 15) is 9.59 Å². The van der Waals surface area contributed by atoms with E-state index >= 15 is 0 Å². The molecule has 5 N–H and O–H groups in total. The highest BCUT2D eigenvalue weighted by atomic mass is 16.4. The maximum atomic E-state index is 11.7. The van der Waals surface area contributed by atoms with Gasteiger partial charge < -0.3 is 26.0 Å². The molecule has 1 rings (SSSR count). The molecule has 0 aromatic rings. The fourth-order valence-corrected chi connectivity index (χ4v) is 2.36. The van der Waals surface area contributed by atoms with E-state index in [1.165, 1.54) is 0 Å². The van der Waals surface area contributed by atoms with Gasteiger partial charge >= 0.3 is 12.0 Å². The van der Waals surface area contributed by atoms with Crippen molar-refractivity contribution in [2.45, 2.75) is 44.2 Å². The second-order valence-electron chi connectivity index (χ2n) is 4.93. The number of hydrogen-bond acceptors (Lipinski definition) is 4. The maximum Gasteiger partial charge on any atom is 0.326 e. The van der Waals surface area contributed by atoms with Crippen LogP contribution >= 0.6 is 0 Å². The maximum absolute atomic E-state index is 11.7. The summed E-state index contributed by atoms with van der Waals surface area (Å²) in [7, 11) is 0. The predicted octanol–water partition coefficient (Wildman–Crippen LogP) is -0.328. The molecule has 7 heteroatoms. The van der Waals surface area contributed by atoms with Gasteiger partial charge in [-0.2, -0.15) is 0 Å². The summed E-state index contributed by atoms with van der Waals surface area (Å²) in [4.78, 5) is 22.5. The fourth-order valence-electron chi connectivity index (χ4n) is 2.36. The number of amides is 2. The zero-order chi connectivity index (χ0) is 14.3. The number of aliphatic hydroxyl groups excluding tert-OH is 2. The largest absolute Gasteiger partial charge is 0.480 e. The Kier molecular flexibility index (Phi) is 6.58. The number of hydrogen-bond donors (Lipinski definition) is 5. The minimum Gasteiger partial charge on any atom is -0.480 e. The molecule has 19 heavy (non-hydrogen) atoms. The van der Waals surface area contributed by atoms with Crippen LogP contribution in [0.25, 0.3) is 0 Å². The van der Waals surface area contributed by atoms with Crippen molar-refractivity contribution in [1.29, 1.82) is 0 Å². The van der Waals surface area contributed by atoms with Gasteiger partial charge in [0.2, 0.25) is 0 Å². The lowest BCUT2D eigenvalue weighted by Crippen LogP contribution is -2.50. The van der Waals surface area contributed by atoms with E-state index < -0.39 is 18.0 Å². The van der Waals surface area contributed by atoms with Gasteiger partial charge in [-0.3, -0.25) is 0 Å². The Hall–Kier alpha value is -1.34. The Labute approximate surface area is 112 Å². The van der Waals surface area contributed by atoms with E-state index in [1.807, 2.05) is 0 Å². The number of aliphatic hydroxyl groups is 2. The number of nitrogens with one attached hydrogen (secondary N) is 2. The highest BCUT2D eigenvalue weighted by Crippen LogP contribution is 2.23. The van der Waals surface area contributed by atoms with E-state index in [4.69, 9.17) is 15.3 Å². The first-order valence-corrected chi connectivity index (χ1v) is 6.58. The topological polar surface area (TPSA) is 119 Å². The molecular formula is C12H22N2O5. The van der Waals surface area contributed by atoms with Crippen molar-refractivity contribution in [1.82, 2.24) is 10.6 Å². The minimum atomic E-state index is -1.17. The number of carboxylic acids is 1. The van der Waals surface area contributed by atoms with Gasteiger partial charge in [0.25, 0.3) is 0 Å². The summed E-state index contributed by atoms with van der Waals surface area (Å²) in [6.07, 6.45) is 3.42. The Morgan fingerprint density at radius 2 is 2.00 bits per heavy atom. The first-order valence-electron chi connectivity index (χ1n) is 6.58. The second-order valence-corrected chi connectivity index (χ2v) is 4.93. The molecule has 2 amide bonds. The lowest BCUT2D eigenvalue weighted by Gasteiger charge is -2.29. The molecule has 0 bridgehead atoms. The number of rotatable bonds is 6. The molecule has 0 spiro atoms. The standard InChI is InChI=1S/C12H22N2O5/c15-5-4-10(11(17)18)14-12(19)13-9-3-1-2-8(6-9)7-16/h8-10,15-16H,1-7H2,(H,17,18)(H2,13,14,19)/t8?,9?,10-/m1/s1. The van der Waals surface area contributed by atoms with Crippen LogP contribution in [0, 0.1) is 5.92 Å². The molecule has 0 aromatic carbocycles. The summed E-state index contributed by atoms with van der Waals surface area (Å²) in [6, 6.07) is -1.65. The number of aliphatic carboxylic acids is 1. The molecule has 0 saturated heterocycles. The van der Waals surface area contributed by atoms with Crippen molar-refractivity contribution in [2.24, 2.45) is 5.92 Å². The van der Waals surface area contributed by atoms with E-state index in [-0.39, 0.29) is 31.6 Å². The average molecular weight is 274 g/mol. The van der Waals surface area contributed by atoms with Crippen molar-refractivity contribution < 1.29 is 24.9 Å². The van der Waals surface area contributed by atoms with Gasteiger partial charge in [0.05, 0.1) is 0 Å². The van der Waals surface area contributed by atoms with Gasteiger partial charge in [0, 0.05) is 25.7 Å². The van der Waals surface area contributed by atoms with Crippen LogP contribution in [0.1, 0.15) is 32.1 Å². The highest BCUT2D eigenvalue weighted by Gasteiger charge is 2.24. The lowest BCUT2D eigenvalue weighted by molar-refractivity contribution is -0.139.